The van der Waals surface area contributed by atoms with Crippen molar-refractivity contribution < 1.29 is 22.6 Å². The third-order valence-corrected chi connectivity index (χ3v) is 7.34. The van der Waals surface area contributed by atoms with E-state index < -0.39 is 15.4 Å². The van der Waals surface area contributed by atoms with Gasteiger partial charge in [-0.1, -0.05) is 37.6 Å². The Morgan fingerprint density at radius 1 is 1.15 bits per heavy atom. The maximum absolute atomic E-state index is 11.7. The zero-order valence-corrected chi connectivity index (χ0v) is 24.1. The van der Waals surface area contributed by atoms with Crippen molar-refractivity contribution in [1.29, 1.82) is 5.26 Å². The minimum absolute atomic E-state index is 0.00748. The average molecular weight is 592 g/mol. The molecule has 0 saturated carbocycles. The maximum Gasteiger partial charge on any atom is 0.237 e. The van der Waals surface area contributed by atoms with Crippen LogP contribution in [0.2, 0.25) is 5.02 Å². The fraction of sp³-hybridized carbons (Fsp3) is 0.370. The molecule has 3 aromatic rings. The number of sulfonamides is 1. The number of anilines is 1. The van der Waals surface area contributed by atoms with Gasteiger partial charge in [-0.2, -0.15) is 5.26 Å². The van der Waals surface area contributed by atoms with Crippen molar-refractivity contribution in [2.45, 2.75) is 38.9 Å². The first-order valence-electron chi connectivity index (χ1n) is 12.1. The van der Waals surface area contributed by atoms with E-state index in [1.165, 1.54) is 0 Å². The van der Waals surface area contributed by atoms with E-state index in [1.807, 2.05) is 38.1 Å². The molecule has 1 aromatic heterocycles. The number of alkyl halides is 1. The first kappa shape index (κ1) is 28.9. The van der Waals surface area contributed by atoms with E-state index in [-0.39, 0.29) is 31.6 Å². The van der Waals surface area contributed by atoms with Crippen molar-refractivity contribution in [3.05, 3.63) is 75.1 Å². The van der Waals surface area contributed by atoms with Gasteiger partial charge in [0.25, 0.3) is 0 Å². The van der Waals surface area contributed by atoms with Crippen molar-refractivity contribution in [2.75, 3.05) is 30.1 Å². The Hall–Kier alpha value is -3.10. The molecule has 1 aliphatic heterocycles. The van der Waals surface area contributed by atoms with Gasteiger partial charge in [-0.3, -0.25) is 4.72 Å². The largest absolute Gasteiger partial charge is 0.489 e. The number of nitriles is 1. The molecule has 1 aliphatic rings. The number of nitrogens with zero attached hydrogens (tertiary/aromatic N) is 3. The molecule has 1 N–H and O–H groups in total. The van der Waals surface area contributed by atoms with Gasteiger partial charge < -0.3 is 14.2 Å². The molecule has 9 nitrogen and oxygen atoms in total. The summed E-state index contributed by atoms with van der Waals surface area (Å²) >= 11 is 12.2. The van der Waals surface area contributed by atoms with E-state index >= 15 is 0 Å². The second-order valence-electron chi connectivity index (χ2n) is 9.52. The van der Waals surface area contributed by atoms with E-state index in [9.17, 15) is 13.7 Å². The molecule has 206 valence electrons. The van der Waals surface area contributed by atoms with Gasteiger partial charge >= 0.3 is 0 Å². The lowest BCUT2D eigenvalue weighted by atomic mass is 9.77. The first-order chi connectivity index (χ1) is 18.5. The molecule has 0 spiro atoms. The fourth-order valence-corrected chi connectivity index (χ4v) is 5.05. The van der Waals surface area contributed by atoms with E-state index in [0.717, 1.165) is 22.9 Å². The van der Waals surface area contributed by atoms with Crippen LogP contribution in [0.4, 0.5) is 5.95 Å². The molecule has 0 fully saturated rings. The zero-order valence-electron chi connectivity index (χ0n) is 21.8. The number of fused-ring (bicyclic) bond motifs is 1. The van der Waals surface area contributed by atoms with E-state index in [4.69, 9.17) is 37.4 Å². The third kappa shape index (κ3) is 6.92. The molecule has 0 radical (unpaired) electrons. The number of rotatable bonds is 10. The Morgan fingerprint density at radius 2 is 1.90 bits per heavy atom. The lowest BCUT2D eigenvalue weighted by Crippen LogP contribution is -2.21. The Kier molecular flexibility index (Phi) is 8.86. The van der Waals surface area contributed by atoms with Crippen LogP contribution in [0.15, 0.2) is 36.4 Å². The van der Waals surface area contributed by atoms with Crippen LogP contribution in [0.3, 0.4) is 0 Å². The molecule has 39 heavy (non-hydrogen) atoms. The number of aromatic nitrogens is 2. The van der Waals surface area contributed by atoms with Gasteiger partial charge in [0.2, 0.25) is 16.0 Å². The van der Waals surface area contributed by atoms with Crippen LogP contribution in [-0.2, 0) is 39.8 Å². The van der Waals surface area contributed by atoms with Crippen LogP contribution in [-0.4, -0.2) is 43.7 Å². The van der Waals surface area contributed by atoms with Crippen LogP contribution in [0.5, 0.6) is 11.5 Å². The van der Waals surface area contributed by atoms with E-state index in [0.29, 0.717) is 46.5 Å². The molecule has 2 aromatic carbocycles. The summed E-state index contributed by atoms with van der Waals surface area (Å²) in [6.45, 7) is 5.28. The van der Waals surface area contributed by atoms with Gasteiger partial charge in [-0.05, 0) is 41.8 Å². The molecular formula is C27H28Cl2N4O5S. The predicted octanol–water partition coefficient (Wildman–Crippen LogP) is 4.97. The zero-order chi connectivity index (χ0) is 28.2. The fourth-order valence-electron chi connectivity index (χ4n) is 4.27. The molecule has 0 bridgehead atoms. The first-order valence-corrected chi connectivity index (χ1v) is 14.9. The summed E-state index contributed by atoms with van der Waals surface area (Å²) in [5.41, 5.74) is 3.87. The minimum Gasteiger partial charge on any atom is -0.489 e. The minimum atomic E-state index is -3.54. The summed E-state index contributed by atoms with van der Waals surface area (Å²) in [5, 5.41) is 10.0. The quantitative estimate of drug-likeness (QED) is 0.328. The van der Waals surface area contributed by atoms with Gasteiger partial charge in [-0.15, -0.1) is 11.6 Å². The lowest BCUT2D eigenvalue weighted by Gasteiger charge is -2.27. The highest BCUT2D eigenvalue weighted by Crippen LogP contribution is 2.38. The Morgan fingerprint density at radius 3 is 2.56 bits per heavy atom. The predicted molar refractivity (Wildman–Crippen MR) is 149 cm³/mol. The van der Waals surface area contributed by atoms with E-state index in [1.54, 1.807) is 12.1 Å². The molecule has 0 unspecified atom stereocenters. The highest BCUT2D eigenvalue weighted by molar-refractivity contribution is 7.91. The Bertz CT molecular complexity index is 1510. The van der Waals surface area contributed by atoms with Gasteiger partial charge in [-0.25, -0.2) is 18.4 Å². The summed E-state index contributed by atoms with van der Waals surface area (Å²) in [7, 11) is -3.54. The van der Waals surface area contributed by atoms with Crippen LogP contribution in [0.25, 0.3) is 0 Å². The molecule has 0 atom stereocenters. The van der Waals surface area contributed by atoms with Gasteiger partial charge in [0, 0.05) is 11.0 Å². The number of ether oxygens (including phenoxy) is 3. The highest BCUT2D eigenvalue weighted by Gasteiger charge is 2.26. The Balaban J connectivity index is 1.54. The molecule has 12 heteroatoms. The SMILES string of the molecule is CC(C)(c1ccc(OCc2nc(NS(C)(=O)=O)nc3c2CCOC3)cc1)c1cc(Cl)c(OCCCl)c(C#N)c1. The number of nitrogens with one attached hydrogen (secondary N) is 1. The molecule has 4 rings (SSSR count). The number of hydrogen-bond donors (Lipinski definition) is 1. The van der Waals surface area contributed by atoms with Crippen LogP contribution >= 0.6 is 23.2 Å². The van der Waals surface area contributed by atoms with Crippen molar-refractivity contribution in [2.24, 2.45) is 0 Å². The van der Waals surface area contributed by atoms with E-state index in [2.05, 4.69) is 20.8 Å². The van der Waals surface area contributed by atoms with Crippen molar-refractivity contribution in [3.63, 3.8) is 0 Å². The smallest absolute Gasteiger partial charge is 0.237 e. The topological polar surface area (TPSA) is 123 Å². The molecule has 0 amide bonds. The second kappa shape index (κ2) is 12.0. The standard InChI is InChI=1S/C27H28Cl2N4O5S/c1-27(2,19-12-17(14-30)25(22(29)13-19)37-11-9-28)18-4-6-20(7-5-18)38-16-24-21-8-10-36-15-23(21)31-26(32-24)33-39(3,34)35/h4-7,12-13H,8-11,15-16H2,1-3H3,(H,31,32,33). The van der Waals surface area contributed by atoms with Crippen LogP contribution < -0.4 is 14.2 Å². The van der Waals surface area contributed by atoms with Gasteiger partial charge in [0.05, 0.1) is 47.3 Å². The molecular weight excluding hydrogens is 563 g/mol. The highest BCUT2D eigenvalue weighted by atomic mass is 35.5. The average Bonchev–Trinajstić information content (AvgIpc) is 2.90. The number of hydrogen-bond acceptors (Lipinski definition) is 8. The van der Waals surface area contributed by atoms with Gasteiger partial charge in [0.15, 0.2) is 5.75 Å². The van der Waals surface area contributed by atoms with Gasteiger partial charge in [0.1, 0.15) is 25.0 Å². The number of benzene rings is 2. The van der Waals surface area contributed by atoms with Crippen LogP contribution in [0, 0.1) is 11.3 Å². The molecule has 0 saturated heterocycles. The monoisotopic (exact) mass is 590 g/mol. The third-order valence-electron chi connectivity index (χ3n) is 6.35. The van der Waals surface area contributed by atoms with Crippen molar-refractivity contribution in [3.8, 4) is 17.6 Å². The van der Waals surface area contributed by atoms with Crippen molar-refractivity contribution >= 4 is 39.2 Å². The second-order valence-corrected chi connectivity index (χ2v) is 12.1. The number of halogens is 2. The summed E-state index contributed by atoms with van der Waals surface area (Å²) in [4.78, 5) is 8.69. The lowest BCUT2D eigenvalue weighted by molar-refractivity contribution is 0.106. The summed E-state index contributed by atoms with van der Waals surface area (Å²) in [5.74, 6) is 1.23. The molecule has 0 aliphatic carbocycles. The normalized spacial score (nSPS) is 13.3. The Labute approximate surface area is 238 Å². The molecule has 2 heterocycles. The van der Waals surface area contributed by atoms with Crippen molar-refractivity contribution in [1.82, 2.24) is 9.97 Å². The summed E-state index contributed by atoms with van der Waals surface area (Å²) in [6.07, 6.45) is 1.66. The summed E-state index contributed by atoms with van der Waals surface area (Å²) in [6, 6.07) is 13.4. The van der Waals surface area contributed by atoms with Crippen LogP contribution in [0.1, 0.15) is 47.5 Å². The maximum atomic E-state index is 11.7. The summed E-state index contributed by atoms with van der Waals surface area (Å²) < 4.78 is 42.8.